The highest BCUT2D eigenvalue weighted by molar-refractivity contribution is 6.01. The van der Waals surface area contributed by atoms with Crippen molar-refractivity contribution in [2.45, 2.75) is 6.92 Å². The lowest BCUT2D eigenvalue weighted by atomic mass is 10.1. The van der Waals surface area contributed by atoms with Crippen molar-refractivity contribution in [3.63, 3.8) is 0 Å². The lowest BCUT2D eigenvalue weighted by Gasteiger charge is -2.09. The Morgan fingerprint density at radius 2 is 1.70 bits per heavy atom. The number of aryl methyl sites for hydroxylation is 1. The van der Waals surface area contributed by atoms with Crippen LogP contribution in [0.15, 0.2) is 60.7 Å². The van der Waals surface area contributed by atoms with Gasteiger partial charge in [-0.15, -0.1) is 0 Å². The van der Waals surface area contributed by atoms with Crippen molar-refractivity contribution >= 4 is 22.6 Å². The summed E-state index contributed by atoms with van der Waals surface area (Å²) in [5.74, 6) is 0.102. The highest BCUT2D eigenvalue weighted by Crippen LogP contribution is 2.27. The Morgan fingerprint density at radius 1 is 1.00 bits per heavy atom. The van der Waals surface area contributed by atoms with Crippen molar-refractivity contribution < 1.29 is 9.53 Å². The lowest BCUT2D eigenvalue weighted by molar-refractivity contribution is 0.0737. The van der Waals surface area contributed by atoms with E-state index in [9.17, 15) is 4.79 Å². The number of amidine groups is 1. The van der Waals surface area contributed by atoms with Gasteiger partial charge >= 0.3 is 5.97 Å². The third-order valence-electron chi connectivity index (χ3n) is 3.64. The van der Waals surface area contributed by atoms with E-state index in [1.807, 2.05) is 37.3 Å². The lowest BCUT2D eigenvalue weighted by Crippen LogP contribution is -2.11. The molecule has 0 fully saturated rings. The van der Waals surface area contributed by atoms with Crippen LogP contribution in [0.3, 0.4) is 0 Å². The maximum Gasteiger partial charge on any atom is 0.343 e. The first-order valence-corrected chi connectivity index (χ1v) is 7.20. The number of ether oxygens (including phenoxy) is 1. The summed E-state index contributed by atoms with van der Waals surface area (Å²) in [5, 5.41) is 9.17. The quantitative estimate of drug-likeness (QED) is 0.335. The first-order valence-electron chi connectivity index (χ1n) is 7.20. The Morgan fingerprint density at radius 3 is 2.39 bits per heavy atom. The number of fused-ring (bicyclic) bond motifs is 1. The van der Waals surface area contributed by atoms with Crippen LogP contribution in [-0.4, -0.2) is 11.8 Å². The SMILES string of the molecule is Cc1ccc(C(=O)Oc2cccc3cc(C(=N)N)ccc23)cc1. The van der Waals surface area contributed by atoms with E-state index >= 15 is 0 Å². The van der Waals surface area contributed by atoms with E-state index in [2.05, 4.69) is 0 Å². The predicted octanol–water partition coefficient (Wildman–Crippen LogP) is 3.65. The second kappa shape index (κ2) is 5.93. The molecule has 23 heavy (non-hydrogen) atoms. The van der Waals surface area contributed by atoms with E-state index in [1.54, 1.807) is 30.3 Å². The number of carbonyl (C=O) groups excluding carboxylic acids is 1. The van der Waals surface area contributed by atoms with Gasteiger partial charge in [-0.05, 0) is 42.6 Å². The predicted molar refractivity (Wildman–Crippen MR) is 91.1 cm³/mol. The van der Waals surface area contributed by atoms with Gasteiger partial charge in [0.15, 0.2) is 0 Å². The van der Waals surface area contributed by atoms with E-state index in [4.69, 9.17) is 15.9 Å². The van der Waals surface area contributed by atoms with Gasteiger partial charge in [-0.2, -0.15) is 0 Å². The molecule has 0 radical (unpaired) electrons. The standard InChI is InChI=1S/C19H16N2O2/c1-12-5-7-13(8-6-12)19(22)23-17-4-2-3-14-11-15(18(20)21)9-10-16(14)17/h2-11H,1H3,(H3,20,21). The summed E-state index contributed by atoms with van der Waals surface area (Å²) in [4.78, 5) is 12.3. The summed E-state index contributed by atoms with van der Waals surface area (Å²) in [6.07, 6.45) is 0. The molecule has 0 heterocycles. The molecule has 0 saturated heterocycles. The van der Waals surface area contributed by atoms with Gasteiger partial charge in [0.1, 0.15) is 11.6 Å². The van der Waals surface area contributed by atoms with Crippen molar-refractivity contribution in [3.8, 4) is 5.75 Å². The number of nitrogens with one attached hydrogen (secondary N) is 1. The fourth-order valence-electron chi connectivity index (χ4n) is 2.36. The molecular formula is C19H16N2O2. The minimum absolute atomic E-state index is 0.00829. The van der Waals surface area contributed by atoms with Crippen molar-refractivity contribution in [2.24, 2.45) is 5.73 Å². The number of nitrogens with two attached hydrogens (primary N) is 1. The summed E-state index contributed by atoms with van der Waals surface area (Å²) < 4.78 is 5.53. The van der Waals surface area contributed by atoms with Gasteiger partial charge in [0, 0.05) is 10.9 Å². The van der Waals surface area contributed by atoms with Crippen LogP contribution in [0.25, 0.3) is 10.8 Å². The third-order valence-corrected chi connectivity index (χ3v) is 3.64. The normalized spacial score (nSPS) is 10.5. The molecule has 4 heteroatoms. The second-order valence-electron chi connectivity index (χ2n) is 5.36. The van der Waals surface area contributed by atoms with Crippen LogP contribution in [0, 0.1) is 12.3 Å². The molecule has 0 aromatic heterocycles. The van der Waals surface area contributed by atoms with Gasteiger partial charge in [-0.3, -0.25) is 5.41 Å². The van der Waals surface area contributed by atoms with Gasteiger partial charge < -0.3 is 10.5 Å². The van der Waals surface area contributed by atoms with Crippen LogP contribution in [0.5, 0.6) is 5.75 Å². The molecule has 3 rings (SSSR count). The number of rotatable bonds is 3. The fourth-order valence-corrected chi connectivity index (χ4v) is 2.36. The number of hydrogen-bond donors (Lipinski definition) is 2. The number of carbonyl (C=O) groups is 1. The Kier molecular flexibility index (Phi) is 3.81. The molecule has 3 aromatic carbocycles. The molecule has 3 N–H and O–H groups in total. The number of nitrogen functional groups attached to an aromatic ring is 1. The Labute approximate surface area is 134 Å². The minimum atomic E-state index is -0.395. The Balaban J connectivity index is 1.95. The topological polar surface area (TPSA) is 76.2 Å². The average molecular weight is 304 g/mol. The van der Waals surface area contributed by atoms with Crippen LogP contribution in [0.4, 0.5) is 0 Å². The monoisotopic (exact) mass is 304 g/mol. The fraction of sp³-hybridized carbons (Fsp3) is 0.0526. The average Bonchev–Trinajstić information content (AvgIpc) is 2.55. The van der Waals surface area contributed by atoms with E-state index in [0.29, 0.717) is 16.9 Å². The second-order valence-corrected chi connectivity index (χ2v) is 5.36. The zero-order valence-electron chi connectivity index (χ0n) is 12.7. The van der Waals surface area contributed by atoms with Gasteiger partial charge in [0.05, 0.1) is 5.56 Å². The van der Waals surface area contributed by atoms with Crippen molar-refractivity contribution in [1.29, 1.82) is 5.41 Å². The van der Waals surface area contributed by atoms with Crippen LogP contribution in [0.2, 0.25) is 0 Å². The molecule has 114 valence electrons. The molecule has 3 aromatic rings. The maximum atomic E-state index is 12.3. The molecule has 0 spiro atoms. The molecule has 0 amide bonds. The zero-order valence-corrected chi connectivity index (χ0v) is 12.7. The number of esters is 1. The van der Waals surface area contributed by atoms with Crippen LogP contribution in [-0.2, 0) is 0 Å². The minimum Gasteiger partial charge on any atom is -0.422 e. The summed E-state index contributed by atoms with van der Waals surface area (Å²) in [6.45, 7) is 1.96. The highest BCUT2D eigenvalue weighted by Gasteiger charge is 2.11. The molecule has 4 nitrogen and oxygen atoms in total. The number of benzene rings is 3. The van der Waals surface area contributed by atoms with Gasteiger partial charge in [-0.1, -0.05) is 35.9 Å². The van der Waals surface area contributed by atoms with E-state index in [-0.39, 0.29) is 5.84 Å². The molecule has 0 aliphatic carbocycles. The first kappa shape index (κ1) is 14.8. The summed E-state index contributed by atoms with van der Waals surface area (Å²) >= 11 is 0. The highest BCUT2D eigenvalue weighted by atomic mass is 16.5. The zero-order chi connectivity index (χ0) is 16.4. The van der Waals surface area contributed by atoms with Gasteiger partial charge in [-0.25, -0.2) is 4.79 Å². The van der Waals surface area contributed by atoms with Crippen LogP contribution >= 0.6 is 0 Å². The maximum absolute atomic E-state index is 12.3. The summed E-state index contributed by atoms with van der Waals surface area (Å²) in [7, 11) is 0. The molecular weight excluding hydrogens is 288 g/mol. The van der Waals surface area contributed by atoms with Crippen LogP contribution in [0.1, 0.15) is 21.5 Å². The smallest absolute Gasteiger partial charge is 0.343 e. The largest absolute Gasteiger partial charge is 0.422 e. The van der Waals surface area contributed by atoms with Crippen molar-refractivity contribution in [1.82, 2.24) is 0 Å². The molecule has 0 unspecified atom stereocenters. The Bertz CT molecular complexity index is 899. The molecule has 0 saturated carbocycles. The summed E-state index contributed by atoms with van der Waals surface area (Å²) in [6, 6.07) is 18.1. The number of hydrogen-bond acceptors (Lipinski definition) is 3. The van der Waals surface area contributed by atoms with Crippen molar-refractivity contribution in [3.05, 3.63) is 77.4 Å². The molecule has 0 atom stereocenters. The van der Waals surface area contributed by atoms with Crippen LogP contribution < -0.4 is 10.5 Å². The summed E-state index contributed by atoms with van der Waals surface area (Å²) in [5.41, 5.74) is 7.74. The first-order chi connectivity index (χ1) is 11.0. The van der Waals surface area contributed by atoms with Crippen molar-refractivity contribution in [2.75, 3.05) is 0 Å². The van der Waals surface area contributed by atoms with Gasteiger partial charge in [0.25, 0.3) is 0 Å². The molecule has 0 bridgehead atoms. The van der Waals surface area contributed by atoms with E-state index < -0.39 is 5.97 Å². The third kappa shape index (κ3) is 3.06. The molecule has 0 aliphatic heterocycles. The molecule has 0 aliphatic rings. The van der Waals surface area contributed by atoms with E-state index in [0.717, 1.165) is 16.3 Å². The Hall–Kier alpha value is -3.14. The van der Waals surface area contributed by atoms with Gasteiger partial charge in [0.2, 0.25) is 0 Å². The van der Waals surface area contributed by atoms with E-state index in [1.165, 1.54) is 0 Å².